The van der Waals surface area contributed by atoms with Crippen molar-refractivity contribution in [2.24, 2.45) is 0 Å². The fraction of sp³-hybridized carbons (Fsp3) is 0.333. The van der Waals surface area contributed by atoms with Crippen LogP contribution in [0.15, 0.2) is 24.3 Å². The lowest BCUT2D eigenvalue weighted by Crippen LogP contribution is -2.11. The van der Waals surface area contributed by atoms with Crippen LogP contribution in [0.5, 0.6) is 17.2 Å². The molecule has 0 unspecified atom stereocenters. The van der Waals surface area contributed by atoms with Gasteiger partial charge in [0.25, 0.3) is 0 Å². The second-order valence-electron chi connectivity index (χ2n) is 5.70. The average Bonchev–Trinajstić information content (AvgIpc) is 3.37. The Kier molecular flexibility index (Phi) is 3.36. The molecule has 0 spiro atoms. The van der Waals surface area contributed by atoms with E-state index in [0.717, 1.165) is 12.8 Å². The van der Waals surface area contributed by atoms with Crippen molar-refractivity contribution in [3.63, 3.8) is 0 Å². The van der Waals surface area contributed by atoms with Gasteiger partial charge in [0, 0.05) is 11.1 Å². The number of fused-ring (bicyclic) bond motifs is 3. The van der Waals surface area contributed by atoms with Crippen molar-refractivity contribution in [1.82, 2.24) is 0 Å². The van der Waals surface area contributed by atoms with E-state index in [4.69, 9.17) is 14.2 Å². The highest BCUT2D eigenvalue weighted by atomic mass is 19.1. The first-order valence-electron chi connectivity index (χ1n) is 7.75. The second kappa shape index (κ2) is 5.41. The monoisotopic (exact) mass is 318 g/mol. The maximum absolute atomic E-state index is 14.6. The van der Waals surface area contributed by atoms with Crippen LogP contribution in [-0.4, -0.2) is 12.7 Å². The third-order valence-electron chi connectivity index (χ3n) is 4.04. The Labute approximate surface area is 132 Å². The fourth-order valence-electron chi connectivity index (χ4n) is 2.75. The molecule has 4 rings (SSSR count). The van der Waals surface area contributed by atoms with Gasteiger partial charge in [-0.05, 0) is 49.6 Å². The van der Waals surface area contributed by atoms with Crippen LogP contribution in [0.25, 0.3) is 11.1 Å². The molecule has 0 N–H and O–H groups in total. The highest BCUT2D eigenvalue weighted by Crippen LogP contribution is 2.44. The van der Waals surface area contributed by atoms with E-state index in [0.29, 0.717) is 23.3 Å². The third kappa shape index (κ3) is 2.40. The largest absolute Gasteiger partial charge is 0.491 e. The molecule has 0 saturated heterocycles. The summed E-state index contributed by atoms with van der Waals surface area (Å²) in [5.41, 5.74) is 1.57. The summed E-state index contributed by atoms with van der Waals surface area (Å²) in [5, 5.41) is 0. The summed E-state index contributed by atoms with van der Waals surface area (Å²) in [6, 6.07) is 6.61. The van der Waals surface area contributed by atoms with Crippen molar-refractivity contribution in [2.75, 3.05) is 6.61 Å². The van der Waals surface area contributed by atoms with Gasteiger partial charge in [0.05, 0.1) is 12.7 Å². The molecule has 0 aromatic heterocycles. The molecule has 1 aliphatic carbocycles. The highest BCUT2D eigenvalue weighted by Gasteiger charge is 2.29. The van der Waals surface area contributed by atoms with E-state index in [2.05, 4.69) is 0 Å². The minimum absolute atomic E-state index is 0.0253. The summed E-state index contributed by atoms with van der Waals surface area (Å²) in [5.74, 6) is -0.477. The number of rotatable bonds is 4. The summed E-state index contributed by atoms with van der Waals surface area (Å²) in [7, 11) is 0. The molecule has 1 saturated carbocycles. The first kappa shape index (κ1) is 14.3. The molecule has 1 heterocycles. The normalized spacial score (nSPS) is 15.4. The number of hydrogen-bond acceptors (Lipinski definition) is 3. The lowest BCUT2D eigenvalue weighted by molar-refractivity contribution is 0.258. The molecule has 2 aliphatic rings. The van der Waals surface area contributed by atoms with Gasteiger partial charge in [-0.1, -0.05) is 0 Å². The SMILES string of the molecule is CCOc1ccc2c(c1F)OCc1c-2ccc(OC2CC2)c1F. The molecule has 3 nitrogen and oxygen atoms in total. The minimum Gasteiger partial charge on any atom is -0.491 e. The van der Waals surface area contributed by atoms with Gasteiger partial charge in [-0.2, -0.15) is 4.39 Å². The predicted molar refractivity (Wildman–Crippen MR) is 80.9 cm³/mol. The van der Waals surface area contributed by atoms with Gasteiger partial charge in [-0.25, -0.2) is 4.39 Å². The van der Waals surface area contributed by atoms with Crippen molar-refractivity contribution < 1.29 is 23.0 Å². The number of hydrogen-bond donors (Lipinski definition) is 0. The van der Waals surface area contributed by atoms with Crippen LogP contribution in [0.2, 0.25) is 0 Å². The molecular weight excluding hydrogens is 302 g/mol. The van der Waals surface area contributed by atoms with Crippen LogP contribution in [0, 0.1) is 11.6 Å². The topological polar surface area (TPSA) is 27.7 Å². The van der Waals surface area contributed by atoms with Crippen molar-refractivity contribution in [2.45, 2.75) is 32.5 Å². The van der Waals surface area contributed by atoms with Crippen molar-refractivity contribution >= 4 is 0 Å². The quantitative estimate of drug-likeness (QED) is 0.833. The molecule has 1 fully saturated rings. The van der Waals surface area contributed by atoms with E-state index in [1.807, 2.05) is 0 Å². The summed E-state index contributed by atoms with van der Waals surface area (Å²) in [4.78, 5) is 0. The molecule has 2 aromatic rings. The van der Waals surface area contributed by atoms with Crippen LogP contribution in [0.4, 0.5) is 8.78 Å². The van der Waals surface area contributed by atoms with Gasteiger partial charge in [0.1, 0.15) is 6.61 Å². The van der Waals surface area contributed by atoms with Crippen LogP contribution in [0.3, 0.4) is 0 Å². The Hall–Kier alpha value is -2.30. The first-order valence-corrected chi connectivity index (χ1v) is 7.75. The van der Waals surface area contributed by atoms with Crippen LogP contribution >= 0.6 is 0 Å². The molecule has 0 bridgehead atoms. The minimum atomic E-state index is -0.547. The van der Waals surface area contributed by atoms with Crippen molar-refractivity contribution in [1.29, 1.82) is 0 Å². The van der Waals surface area contributed by atoms with Gasteiger partial charge in [0.15, 0.2) is 23.1 Å². The molecule has 0 atom stereocenters. The molecule has 23 heavy (non-hydrogen) atoms. The Morgan fingerprint density at radius 3 is 2.52 bits per heavy atom. The standard InChI is InChI=1S/C18H16F2O3/c1-2-21-14-7-6-12-11-5-8-15(23-10-3-4-10)16(19)13(11)9-22-18(12)17(14)20/h5-8,10H,2-4,9H2,1H3. The van der Waals surface area contributed by atoms with Crippen LogP contribution in [0.1, 0.15) is 25.3 Å². The molecule has 2 aromatic carbocycles. The van der Waals surface area contributed by atoms with Gasteiger partial charge < -0.3 is 14.2 Å². The Balaban J connectivity index is 1.77. The van der Waals surface area contributed by atoms with E-state index >= 15 is 0 Å². The van der Waals surface area contributed by atoms with Gasteiger partial charge in [-0.15, -0.1) is 0 Å². The fourth-order valence-corrected chi connectivity index (χ4v) is 2.75. The van der Waals surface area contributed by atoms with Crippen molar-refractivity contribution in [3.05, 3.63) is 41.5 Å². The van der Waals surface area contributed by atoms with E-state index in [9.17, 15) is 8.78 Å². The Bertz CT molecular complexity index is 769. The number of ether oxygens (including phenoxy) is 3. The van der Waals surface area contributed by atoms with Crippen LogP contribution < -0.4 is 14.2 Å². The molecule has 1 aliphatic heterocycles. The molecule has 0 amide bonds. The second-order valence-corrected chi connectivity index (χ2v) is 5.70. The number of benzene rings is 2. The lowest BCUT2D eigenvalue weighted by Gasteiger charge is -2.23. The highest BCUT2D eigenvalue weighted by molar-refractivity contribution is 5.77. The first-order chi connectivity index (χ1) is 11.2. The summed E-state index contributed by atoms with van der Waals surface area (Å²) in [6.07, 6.45) is 2.04. The van der Waals surface area contributed by atoms with Gasteiger partial charge in [0.2, 0.25) is 5.82 Å². The maximum Gasteiger partial charge on any atom is 0.207 e. The molecule has 0 radical (unpaired) electrons. The summed E-state index contributed by atoms with van der Waals surface area (Å²) < 4.78 is 45.3. The van der Waals surface area contributed by atoms with Crippen LogP contribution in [-0.2, 0) is 6.61 Å². The number of halogens is 2. The smallest absolute Gasteiger partial charge is 0.207 e. The van der Waals surface area contributed by atoms with Gasteiger partial charge in [-0.3, -0.25) is 0 Å². The van der Waals surface area contributed by atoms with Crippen molar-refractivity contribution in [3.8, 4) is 28.4 Å². The third-order valence-corrected chi connectivity index (χ3v) is 4.04. The van der Waals surface area contributed by atoms with E-state index in [-0.39, 0.29) is 30.0 Å². The predicted octanol–water partition coefficient (Wildman–Crippen LogP) is 4.46. The molecule has 120 valence electrons. The summed E-state index contributed by atoms with van der Waals surface area (Å²) >= 11 is 0. The zero-order chi connectivity index (χ0) is 16.0. The molecular formula is C18H16F2O3. The van der Waals surface area contributed by atoms with E-state index < -0.39 is 11.6 Å². The zero-order valence-corrected chi connectivity index (χ0v) is 12.7. The van der Waals surface area contributed by atoms with E-state index in [1.165, 1.54) is 0 Å². The molecule has 5 heteroatoms. The van der Waals surface area contributed by atoms with E-state index in [1.54, 1.807) is 31.2 Å². The maximum atomic E-state index is 14.6. The van der Waals surface area contributed by atoms with Gasteiger partial charge >= 0.3 is 0 Å². The Morgan fingerprint density at radius 1 is 1.04 bits per heavy atom. The Morgan fingerprint density at radius 2 is 1.78 bits per heavy atom. The average molecular weight is 318 g/mol. The summed E-state index contributed by atoms with van der Waals surface area (Å²) in [6.45, 7) is 2.12. The zero-order valence-electron chi connectivity index (χ0n) is 12.7. The lowest BCUT2D eigenvalue weighted by atomic mass is 9.96.